The zero-order chi connectivity index (χ0) is 19.3. The summed E-state index contributed by atoms with van der Waals surface area (Å²) in [5.74, 6) is -0.166. The van der Waals surface area contributed by atoms with Gasteiger partial charge in [-0.15, -0.1) is 11.3 Å². The number of fused-ring (bicyclic) bond motifs is 5. The highest BCUT2D eigenvalue weighted by atomic mass is 32.1. The molecule has 2 bridgehead atoms. The third-order valence-electron chi connectivity index (χ3n) is 6.21. The van der Waals surface area contributed by atoms with Crippen molar-refractivity contribution in [3.05, 3.63) is 64.7 Å². The molecule has 5 nitrogen and oxygen atoms in total. The fourth-order valence-corrected chi connectivity index (χ4v) is 5.58. The Morgan fingerprint density at radius 2 is 2.11 bits per heavy atom. The van der Waals surface area contributed by atoms with Gasteiger partial charge in [0, 0.05) is 18.2 Å². The first-order valence-electron chi connectivity index (χ1n) is 9.43. The molecule has 1 aromatic heterocycles. The summed E-state index contributed by atoms with van der Waals surface area (Å²) in [5.41, 5.74) is 4.95. The van der Waals surface area contributed by atoms with Crippen LogP contribution < -0.4 is 0 Å². The van der Waals surface area contributed by atoms with Crippen LogP contribution in [0.2, 0.25) is 0 Å². The van der Waals surface area contributed by atoms with E-state index in [0.29, 0.717) is 24.9 Å². The zero-order valence-corrected chi connectivity index (χ0v) is 16.4. The van der Waals surface area contributed by atoms with Crippen LogP contribution in [0.5, 0.6) is 0 Å². The van der Waals surface area contributed by atoms with Crippen molar-refractivity contribution in [3.63, 3.8) is 0 Å². The number of thiazole rings is 1. The summed E-state index contributed by atoms with van der Waals surface area (Å²) in [4.78, 5) is 32.3. The maximum Gasteiger partial charge on any atom is 0.316 e. The lowest BCUT2D eigenvalue weighted by Crippen LogP contribution is -2.58. The molecule has 0 spiro atoms. The molecule has 2 aromatic carbocycles. The summed E-state index contributed by atoms with van der Waals surface area (Å²) in [7, 11) is 1.45. The minimum Gasteiger partial charge on any atom is -0.468 e. The number of ether oxygens (including phenoxy) is 1. The molecule has 1 amide bonds. The van der Waals surface area contributed by atoms with E-state index >= 15 is 0 Å². The molecule has 3 aromatic rings. The molecule has 2 aliphatic rings. The van der Waals surface area contributed by atoms with E-state index in [4.69, 9.17) is 4.74 Å². The van der Waals surface area contributed by atoms with Gasteiger partial charge in [-0.2, -0.15) is 0 Å². The Bertz CT molecular complexity index is 1090. The van der Waals surface area contributed by atoms with Gasteiger partial charge in [0.2, 0.25) is 0 Å². The number of aromatic nitrogens is 1. The fraction of sp³-hybridized carbons (Fsp3) is 0.318. The lowest BCUT2D eigenvalue weighted by Gasteiger charge is -2.49. The second kappa shape index (κ2) is 6.41. The monoisotopic (exact) mass is 392 g/mol. The number of esters is 1. The summed E-state index contributed by atoms with van der Waals surface area (Å²) in [6, 6.07) is 13.7. The molecule has 2 heterocycles. The highest BCUT2D eigenvalue weighted by Crippen LogP contribution is 2.46. The molecule has 1 aliphatic carbocycles. The largest absolute Gasteiger partial charge is 0.468 e. The summed E-state index contributed by atoms with van der Waals surface area (Å²) in [6.45, 7) is 0.549. The maximum atomic E-state index is 13.3. The Labute approximate surface area is 166 Å². The van der Waals surface area contributed by atoms with Crippen LogP contribution in [0.3, 0.4) is 0 Å². The average Bonchev–Trinajstić information content (AvgIpc) is 3.20. The normalized spacial score (nSPS) is 23.3. The van der Waals surface area contributed by atoms with E-state index in [1.807, 2.05) is 41.3 Å². The van der Waals surface area contributed by atoms with E-state index in [1.54, 1.807) is 5.51 Å². The van der Waals surface area contributed by atoms with Gasteiger partial charge in [-0.3, -0.25) is 9.59 Å². The van der Waals surface area contributed by atoms with Crippen molar-refractivity contribution in [1.29, 1.82) is 0 Å². The van der Waals surface area contributed by atoms with Crippen LogP contribution in [-0.4, -0.2) is 41.5 Å². The van der Waals surface area contributed by atoms with Crippen LogP contribution in [0, 0.1) is 0 Å². The molecule has 6 heteroatoms. The van der Waals surface area contributed by atoms with Gasteiger partial charge >= 0.3 is 5.97 Å². The van der Waals surface area contributed by atoms with Crippen molar-refractivity contribution in [2.24, 2.45) is 0 Å². The van der Waals surface area contributed by atoms with Crippen molar-refractivity contribution in [3.8, 4) is 0 Å². The van der Waals surface area contributed by atoms with Crippen molar-refractivity contribution in [2.75, 3.05) is 13.7 Å². The number of likely N-dealkylation sites (tertiary alicyclic amines) is 1. The van der Waals surface area contributed by atoms with E-state index in [2.05, 4.69) is 11.1 Å². The third-order valence-corrected chi connectivity index (χ3v) is 7.00. The fourth-order valence-electron chi connectivity index (χ4n) is 4.87. The van der Waals surface area contributed by atoms with Crippen LogP contribution in [0.25, 0.3) is 10.2 Å². The highest BCUT2D eigenvalue weighted by molar-refractivity contribution is 7.16. The molecule has 1 aliphatic heterocycles. The van der Waals surface area contributed by atoms with E-state index < -0.39 is 5.41 Å². The molecule has 142 valence electrons. The van der Waals surface area contributed by atoms with Gasteiger partial charge in [0.1, 0.15) is 0 Å². The first-order valence-corrected chi connectivity index (χ1v) is 10.3. The molecular weight excluding hydrogens is 372 g/mol. The highest BCUT2D eigenvalue weighted by Gasteiger charge is 2.52. The van der Waals surface area contributed by atoms with Gasteiger partial charge in [-0.1, -0.05) is 24.3 Å². The standard InChI is InChI=1S/C22H20N2O3S/c1-27-21(26)22-8-9-24(16(12-22)10-14-4-2-3-5-17(14)22)20(25)15-6-7-18-19(11-15)28-13-23-18/h2-7,11,13,16H,8-10,12H2,1H3. The van der Waals surface area contributed by atoms with Gasteiger partial charge in [0.25, 0.3) is 5.91 Å². The Morgan fingerprint density at radius 3 is 2.96 bits per heavy atom. The summed E-state index contributed by atoms with van der Waals surface area (Å²) in [6.07, 6.45) is 1.97. The van der Waals surface area contributed by atoms with Gasteiger partial charge in [-0.05, 0) is 48.6 Å². The SMILES string of the molecule is COC(=O)C12CCN(C(=O)c3ccc4ncsc4c3)C(Cc3ccccc31)C2. The molecule has 28 heavy (non-hydrogen) atoms. The van der Waals surface area contributed by atoms with Gasteiger partial charge < -0.3 is 9.64 Å². The first-order chi connectivity index (χ1) is 13.6. The second-order valence-corrected chi connectivity index (χ2v) is 8.46. The van der Waals surface area contributed by atoms with E-state index in [1.165, 1.54) is 18.4 Å². The van der Waals surface area contributed by atoms with Crippen molar-refractivity contribution < 1.29 is 14.3 Å². The summed E-state index contributed by atoms with van der Waals surface area (Å²) < 4.78 is 6.21. The average molecular weight is 392 g/mol. The van der Waals surface area contributed by atoms with Crippen molar-refractivity contribution in [1.82, 2.24) is 9.88 Å². The smallest absolute Gasteiger partial charge is 0.316 e. The van der Waals surface area contributed by atoms with E-state index in [0.717, 1.165) is 27.8 Å². The molecule has 5 rings (SSSR count). The second-order valence-electron chi connectivity index (χ2n) is 7.58. The molecular formula is C22H20N2O3S. The summed E-state index contributed by atoms with van der Waals surface area (Å²) in [5, 5.41) is 0. The number of hydrogen-bond acceptors (Lipinski definition) is 5. The summed E-state index contributed by atoms with van der Waals surface area (Å²) >= 11 is 1.54. The molecule has 1 fully saturated rings. The number of hydrogen-bond donors (Lipinski definition) is 0. The Hall–Kier alpha value is -2.73. The lowest BCUT2D eigenvalue weighted by atomic mass is 9.63. The Kier molecular flexibility index (Phi) is 3.98. The van der Waals surface area contributed by atoms with Gasteiger partial charge in [0.15, 0.2) is 0 Å². The number of methoxy groups -OCH3 is 1. The predicted octanol–water partition coefficient (Wildman–Crippen LogP) is 3.57. The van der Waals surface area contributed by atoms with E-state index in [-0.39, 0.29) is 17.9 Å². The van der Waals surface area contributed by atoms with Crippen LogP contribution in [0.15, 0.2) is 48.0 Å². The zero-order valence-electron chi connectivity index (χ0n) is 15.6. The van der Waals surface area contributed by atoms with Crippen LogP contribution in [0.1, 0.15) is 34.3 Å². The molecule has 2 atom stereocenters. The predicted molar refractivity (Wildman–Crippen MR) is 108 cm³/mol. The lowest BCUT2D eigenvalue weighted by molar-refractivity contribution is -0.151. The Balaban J connectivity index is 1.52. The number of piperidine rings is 1. The van der Waals surface area contributed by atoms with Gasteiger partial charge in [-0.25, -0.2) is 4.98 Å². The quantitative estimate of drug-likeness (QED) is 0.626. The van der Waals surface area contributed by atoms with Gasteiger partial charge in [0.05, 0.1) is 28.3 Å². The molecule has 0 saturated carbocycles. The number of rotatable bonds is 2. The van der Waals surface area contributed by atoms with E-state index in [9.17, 15) is 9.59 Å². The minimum absolute atomic E-state index is 0.00703. The van der Waals surface area contributed by atoms with Crippen LogP contribution in [-0.2, 0) is 21.4 Å². The molecule has 0 radical (unpaired) electrons. The molecule has 1 saturated heterocycles. The molecule has 2 unspecified atom stereocenters. The van der Waals surface area contributed by atoms with Crippen molar-refractivity contribution in [2.45, 2.75) is 30.7 Å². The first kappa shape index (κ1) is 17.4. The number of carbonyl (C=O) groups excluding carboxylic acids is 2. The van der Waals surface area contributed by atoms with Crippen LogP contribution in [0.4, 0.5) is 0 Å². The minimum atomic E-state index is -0.646. The maximum absolute atomic E-state index is 13.3. The third kappa shape index (κ3) is 2.48. The number of carbonyl (C=O) groups is 2. The number of nitrogens with zero attached hydrogens (tertiary/aromatic N) is 2. The number of amides is 1. The number of benzene rings is 2. The molecule has 0 N–H and O–H groups in total. The topological polar surface area (TPSA) is 59.5 Å². The van der Waals surface area contributed by atoms with Crippen molar-refractivity contribution >= 4 is 33.4 Å². The van der Waals surface area contributed by atoms with Crippen LogP contribution >= 0.6 is 11.3 Å². The Morgan fingerprint density at radius 1 is 1.25 bits per heavy atom.